The van der Waals surface area contributed by atoms with Gasteiger partial charge in [0.25, 0.3) is 5.91 Å². The summed E-state index contributed by atoms with van der Waals surface area (Å²) in [5.41, 5.74) is 5.95. The Balaban J connectivity index is 2.09. The number of thiocarbonyl (C=S) groups is 1. The minimum atomic E-state index is -0.165. The van der Waals surface area contributed by atoms with Gasteiger partial charge in [0.2, 0.25) is 0 Å². The van der Waals surface area contributed by atoms with Crippen LogP contribution in [0.2, 0.25) is 5.02 Å². The van der Waals surface area contributed by atoms with Gasteiger partial charge < -0.3 is 15.7 Å². The molecule has 0 aromatic heterocycles. The second kappa shape index (κ2) is 5.75. The van der Waals surface area contributed by atoms with Crippen LogP contribution in [0.15, 0.2) is 18.2 Å². The van der Waals surface area contributed by atoms with Crippen molar-refractivity contribution < 1.29 is 9.90 Å². The molecule has 102 valence electrons. The van der Waals surface area contributed by atoms with Gasteiger partial charge in [-0.05, 0) is 31.0 Å². The molecule has 1 saturated heterocycles. The minimum absolute atomic E-state index is 0.0331. The van der Waals surface area contributed by atoms with Gasteiger partial charge in [-0.1, -0.05) is 23.8 Å². The summed E-state index contributed by atoms with van der Waals surface area (Å²) in [6, 6.07) is 4.37. The maximum Gasteiger partial charge on any atom is 0.255 e. The molecule has 1 aromatic rings. The molecule has 1 fully saturated rings. The summed E-state index contributed by atoms with van der Waals surface area (Å²) < 4.78 is 0. The Morgan fingerprint density at radius 2 is 2.05 bits per heavy atom. The fourth-order valence-corrected chi connectivity index (χ4v) is 2.65. The number of phenolic OH excluding ortho intramolecular Hbond substituents is 1. The number of amides is 1. The molecule has 2 rings (SSSR count). The van der Waals surface area contributed by atoms with E-state index in [2.05, 4.69) is 0 Å². The number of carbonyl (C=O) groups is 1. The second-order valence-electron chi connectivity index (χ2n) is 4.63. The highest BCUT2D eigenvalue weighted by Crippen LogP contribution is 2.25. The van der Waals surface area contributed by atoms with Crippen LogP contribution in [0.3, 0.4) is 0 Å². The zero-order chi connectivity index (χ0) is 14.0. The fraction of sp³-hybridized carbons (Fsp3) is 0.385. The largest absolute Gasteiger partial charge is 0.508 e. The normalized spacial score (nSPS) is 16.4. The summed E-state index contributed by atoms with van der Waals surface area (Å²) in [6.07, 6.45) is 1.55. The van der Waals surface area contributed by atoms with Crippen molar-refractivity contribution in [2.75, 3.05) is 13.1 Å². The Morgan fingerprint density at radius 1 is 1.42 bits per heavy atom. The van der Waals surface area contributed by atoms with Gasteiger partial charge in [-0.25, -0.2) is 0 Å². The SMILES string of the molecule is NC(=S)C1CCN(C(=O)c2cc(O)ccc2Cl)CC1. The number of hydrogen-bond acceptors (Lipinski definition) is 3. The van der Waals surface area contributed by atoms with Gasteiger partial charge in [0.05, 0.1) is 15.6 Å². The van der Waals surface area contributed by atoms with Crippen LogP contribution in [0.4, 0.5) is 0 Å². The van der Waals surface area contributed by atoms with Gasteiger partial charge in [0.1, 0.15) is 5.75 Å². The van der Waals surface area contributed by atoms with E-state index in [0.29, 0.717) is 28.7 Å². The lowest BCUT2D eigenvalue weighted by Crippen LogP contribution is -2.41. The summed E-state index contributed by atoms with van der Waals surface area (Å²) >= 11 is 11.0. The number of phenols is 1. The molecular weight excluding hydrogens is 284 g/mol. The molecule has 1 heterocycles. The smallest absolute Gasteiger partial charge is 0.255 e. The number of hydrogen-bond donors (Lipinski definition) is 2. The summed E-state index contributed by atoms with van der Waals surface area (Å²) in [5, 5.41) is 9.78. The van der Waals surface area contributed by atoms with Crippen molar-refractivity contribution >= 4 is 34.7 Å². The van der Waals surface area contributed by atoms with E-state index in [1.807, 2.05) is 0 Å². The number of likely N-dealkylation sites (tertiary alicyclic amines) is 1. The summed E-state index contributed by atoms with van der Waals surface area (Å²) in [7, 11) is 0. The van der Waals surface area contributed by atoms with Gasteiger partial charge >= 0.3 is 0 Å². The van der Waals surface area contributed by atoms with Crippen LogP contribution in [0.1, 0.15) is 23.2 Å². The molecule has 0 radical (unpaired) electrons. The topological polar surface area (TPSA) is 66.6 Å². The minimum Gasteiger partial charge on any atom is -0.508 e. The molecule has 0 atom stereocenters. The van der Waals surface area contributed by atoms with E-state index in [4.69, 9.17) is 29.6 Å². The zero-order valence-electron chi connectivity index (χ0n) is 10.3. The Hall–Kier alpha value is -1.33. The average Bonchev–Trinajstić information content (AvgIpc) is 2.41. The standard InChI is InChI=1S/C13H15ClN2O2S/c14-11-2-1-9(17)7-10(11)13(18)16-5-3-8(4-6-16)12(15)19/h1-2,7-8,17H,3-6H2,(H2,15,19). The second-order valence-corrected chi connectivity index (χ2v) is 5.51. The van der Waals surface area contributed by atoms with Crippen LogP contribution in [0, 0.1) is 5.92 Å². The van der Waals surface area contributed by atoms with E-state index < -0.39 is 0 Å². The maximum atomic E-state index is 12.3. The highest BCUT2D eigenvalue weighted by molar-refractivity contribution is 7.80. The third-order valence-electron chi connectivity index (χ3n) is 3.36. The number of aromatic hydroxyl groups is 1. The first kappa shape index (κ1) is 14.1. The van der Waals surface area contributed by atoms with Crippen molar-refractivity contribution in [3.8, 4) is 5.75 Å². The molecule has 1 amide bonds. The van der Waals surface area contributed by atoms with Crippen LogP contribution >= 0.6 is 23.8 Å². The Kier molecular flexibility index (Phi) is 4.27. The number of benzene rings is 1. The van der Waals surface area contributed by atoms with Crippen LogP contribution in [-0.4, -0.2) is 34.0 Å². The van der Waals surface area contributed by atoms with Crippen molar-refractivity contribution in [2.24, 2.45) is 11.7 Å². The predicted molar refractivity (Wildman–Crippen MR) is 78.5 cm³/mol. The van der Waals surface area contributed by atoms with Gasteiger partial charge in [-0.3, -0.25) is 4.79 Å². The van der Waals surface area contributed by atoms with Gasteiger partial charge in [0, 0.05) is 19.0 Å². The molecule has 0 unspecified atom stereocenters. The third-order valence-corrected chi connectivity index (χ3v) is 4.03. The number of nitrogens with zero attached hydrogens (tertiary/aromatic N) is 1. The maximum absolute atomic E-state index is 12.3. The molecule has 0 saturated carbocycles. The van der Waals surface area contributed by atoms with Gasteiger partial charge in [-0.15, -0.1) is 0 Å². The van der Waals surface area contributed by atoms with Crippen LogP contribution in [0.5, 0.6) is 5.75 Å². The summed E-state index contributed by atoms with van der Waals surface area (Å²) in [4.78, 5) is 14.5. The number of nitrogens with two attached hydrogens (primary N) is 1. The van der Waals surface area contributed by atoms with E-state index in [1.165, 1.54) is 18.2 Å². The van der Waals surface area contributed by atoms with E-state index in [-0.39, 0.29) is 17.6 Å². The molecule has 6 heteroatoms. The van der Waals surface area contributed by atoms with E-state index in [9.17, 15) is 9.90 Å². The number of halogens is 1. The lowest BCUT2D eigenvalue weighted by atomic mass is 9.96. The lowest BCUT2D eigenvalue weighted by Gasteiger charge is -2.31. The van der Waals surface area contributed by atoms with Crippen LogP contribution in [-0.2, 0) is 0 Å². The van der Waals surface area contributed by atoms with Gasteiger partial charge in [-0.2, -0.15) is 0 Å². The van der Waals surface area contributed by atoms with Gasteiger partial charge in [0.15, 0.2) is 0 Å². The number of piperidine rings is 1. The first-order valence-electron chi connectivity index (χ1n) is 6.06. The predicted octanol–water partition coefficient (Wildman–Crippen LogP) is 2.18. The van der Waals surface area contributed by atoms with Crippen LogP contribution in [0.25, 0.3) is 0 Å². The highest BCUT2D eigenvalue weighted by Gasteiger charge is 2.26. The molecule has 3 N–H and O–H groups in total. The molecule has 1 aliphatic rings. The van der Waals surface area contributed by atoms with Crippen molar-refractivity contribution in [1.82, 2.24) is 4.90 Å². The molecule has 0 aliphatic carbocycles. The van der Waals surface area contributed by atoms with Crippen molar-refractivity contribution in [3.05, 3.63) is 28.8 Å². The van der Waals surface area contributed by atoms with Crippen molar-refractivity contribution in [2.45, 2.75) is 12.8 Å². The van der Waals surface area contributed by atoms with Crippen molar-refractivity contribution in [1.29, 1.82) is 0 Å². The highest BCUT2D eigenvalue weighted by atomic mass is 35.5. The fourth-order valence-electron chi connectivity index (χ4n) is 2.21. The monoisotopic (exact) mass is 298 g/mol. The zero-order valence-corrected chi connectivity index (χ0v) is 11.9. The molecule has 0 bridgehead atoms. The molecular formula is C13H15ClN2O2S. The van der Waals surface area contributed by atoms with E-state index >= 15 is 0 Å². The molecule has 1 aliphatic heterocycles. The molecule has 1 aromatic carbocycles. The van der Waals surface area contributed by atoms with Crippen molar-refractivity contribution in [3.63, 3.8) is 0 Å². The quantitative estimate of drug-likeness (QED) is 0.821. The molecule has 0 spiro atoms. The average molecular weight is 299 g/mol. The molecule has 19 heavy (non-hydrogen) atoms. The number of rotatable bonds is 2. The first-order chi connectivity index (χ1) is 8.99. The first-order valence-corrected chi connectivity index (χ1v) is 6.84. The summed E-state index contributed by atoms with van der Waals surface area (Å²) in [5.74, 6) is 0.0757. The Morgan fingerprint density at radius 3 is 2.63 bits per heavy atom. The Labute approximate surface area is 122 Å². The van der Waals surface area contributed by atoms with Crippen LogP contribution < -0.4 is 5.73 Å². The molecule has 4 nitrogen and oxygen atoms in total. The van der Waals surface area contributed by atoms with E-state index in [0.717, 1.165) is 12.8 Å². The lowest BCUT2D eigenvalue weighted by molar-refractivity contribution is 0.0710. The Bertz CT molecular complexity index is 513. The third kappa shape index (κ3) is 3.16. The van der Waals surface area contributed by atoms with E-state index in [1.54, 1.807) is 4.90 Å². The summed E-state index contributed by atoms with van der Waals surface area (Å²) in [6.45, 7) is 1.21. The number of carbonyl (C=O) groups excluding carboxylic acids is 1.